The van der Waals surface area contributed by atoms with Crippen LogP contribution in [0, 0.1) is 0 Å². The van der Waals surface area contributed by atoms with Crippen molar-refractivity contribution < 1.29 is 14.2 Å². The lowest BCUT2D eigenvalue weighted by Gasteiger charge is -2.24. The second-order valence-corrected chi connectivity index (χ2v) is 4.51. The molecule has 0 bridgehead atoms. The van der Waals surface area contributed by atoms with Gasteiger partial charge in [0.2, 0.25) is 0 Å². The first-order valence-corrected chi connectivity index (χ1v) is 6.39. The molecule has 5 nitrogen and oxygen atoms in total. The Labute approximate surface area is 111 Å². The van der Waals surface area contributed by atoms with Crippen LogP contribution in [0.25, 0.3) is 10.9 Å². The van der Waals surface area contributed by atoms with E-state index in [4.69, 9.17) is 14.2 Å². The minimum atomic E-state index is 0.185. The topological polar surface area (TPSA) is 53.5 Å². The molecule has 0 N–H and O–H groups in total. The van der Waals surface area contributed by atoms with Crippen molar-refractivity contribution in [1.82, 2.24) is 9.97 Å². The van der Waals surface area contributed by atoms with Crippen LogP contribution in [0.5, 0.6) is 11.5 Å². The average molecular weight is 260 g/mol. The van der Waals surface area contributed by atoms with Gasteiger partial charge in [-0.15, -0.1) is 0 Å². The zero-order valence-electron chi connectivity index (χ0n) is 10.8. The Morgan fingerprint density at radius 2 is 2.05 bits per heavy atom. The summed E-state index contributed by atoms with van der Waals surface area (Å²) in [4.78, 5) is 8.24. The van der Waals surface area contributed by atoms with Crippen LogP contribution >= 0.6 is 0 Å². The molecule has 2 aromatic rings. The van der Waals surface area contributed by atoms with E-state index < -0.39 is 0 Å². The second-order valence-electron chi connectivity index (χ2n) is 4.51. The van der Waals surface area contributed by atoms with Gasteiger partial charge in [0.15, 0.2) is 11.5 Å². The van der Waals surface area contributed by atoms with Gasteiger partial charge in [0.1, 0.15) is 12.4 Å². The van der Waals surface area contributed by atoms with Crippen molar-refractivity contribution in [2.24, 2.45) is 0 Å². The number of methoxy groups -OCH3 is 1. The number of aromatic nitrogens is 2. The predicted octanol–water partition coefficient (Wildman–Crippen LogP) is 2.20. The lowest BCUT2D eigenvalue weighted by atomic mass is 10.1. The summed E-state index contributed by atoms with van der Waals surface area (Å²) in [6.45, 7) is 1.51. The number of rotatable bonds is 3. The standard InChI is InChI=1S/C14H16N2O3/c1-17-13-7-12-10(8-15-9-16-12)6-14(13)19-11-2-4-18-5-3-11/h6-9,11H,2-5H2,1H3. The number of hydrogen-bond donors (Lipinski definition) is 0. The lowest BCUT2D eigenvalue weighted by Crippen LogP contribution is -2.26. The Morgan fingerprint density at radius 1 is 1.21 bits per heavy atom. The third-order valence-electron chi connectivity index (χ3n) is 3.25. The summed E-state index contributed by atoms with van der Waals surface area (Å²) < 4.78 is 16.7. The van der Waals surface area contributed by atoms with Crippen molar-refractivity contribution >= 4 is 10.9 Å². The SMILES string of the molecule is COc1cc2ncncc2cc1OC1CCOCC1. The molecule has 100 valence electrons. The molecular weight excluding hydrogens is 244 g/mol. The normalized spacial score (nSPS) is 16.5. The van der Waals surface area contributed by atoms with E-state index in [-0.39, 0.29) is 6.10 Å². The van der Waals surface area contributed by atoms with Gasteiger partial charge >= 0.3 is 0 Å². The molecule has 5 heteroatoms. The van der Waals surface area contributed by atoms with Crippen LogP contribution in [-0.2, 0) is 4.74 Å². The maximum absolute atomic E-state index is 6.02. The molecule has 1 aliphatic heterocycles. The predicted molar refractivity (Wildman–Crippen MR) is 70.6 cm³/mol. The van der Waals surface area contributed by atoms with Crippen LogP contribution in [-0.4, -0.2) is 36.4 Å². The van der Waals surface area contributed by atoms with Crippen molar-refractivity contribution in [1.29, 1.82) is 0 Å². The fourth-order valence-corrected chi connectivity index (χ4v) is 2.21. The van der Waals surface area contributed by atoms with Gasteiger partial charge in [-0.3, -0.25) is 0 Å². The van der Waals surface area contributed by atoms with Crippen LogP contribution in [0.15, 0.2) is 24.7 Å². The van der Waals surface area contributed by atoms with Gasteiger partial charge in [-0.25, -0.2) is 9.97 Å². The Kier molecular flexibility index (Phi) is 3.46. The van der Waals surface area contributed by atoms with Gasteiger partial charge in [-0.2, -0.15) is 0 Å². The van der Waals surface area contributed by atoms with Crippen molar-refractivity contribution in [3.05, 3.63) is 24.7 Å². The Bertz CT molecular complexity index is 568. The summed E-state index contributed by atoms with van der Waals surface area (Å²) in [6.07, 6.45) is 5.31. The van der Waals surface area contributed by atoms with Gasteiger partial charge in [0.25, 0.3) is 0 Å². The summed E-state index contributed by atoms with van der Waals surface area (Å²) in [5.41, 5.74) is 0.853. The zero-order chi connectivity index (χ0) is 13.1. The van der Waals surface area contributed by atoms with Gasteiger partial charge in [0, 0.05) is 30.5 Å². The number of hydrogen-bond acceptors (Lipinski definition) is 5. The first kappa shape index (κ1) is 12.2. The molecule has 3 rings (SSSR count). The summed E-state index contributed by atoms with van der Waals surface area (Å²) >= 11 is 0. The van der Waals surface area contributed by atoms with E-state index in [2.05, 4.69) is 9.97 Å². The molecule has 1 fully saturated rings. The van der Waals surface area contributed by atoms with E-state index in [1.807, 2.05) is 12.1 Å². The smallest absolute Gasteiger partial charge is 0.162 e. The van der Waals surface area contributed by atoms with E-state index in [0.717, 1.165) is 42.7 Å². The van der Waals surface area contributed by atoms with E-state index in [0.29, 0.717) is 5.75 Å². The largest absolute Gasteiger partial charge is 0.493 e. The molecule has 1 aromatic heterocycles. The van der Waals surface area contributed by atoms with E-state index in [1.54, 1.807) is 13.3 Å². The van der Waals surface area contributed by atoms with Crippen LogP contribution in [0.4, 0.5) is 0 Å². The van der Waals surface area contributed by atoms with Crippen LogP contribution in [0.3, 0.4) is 0 Å². The number of nitrogens with zero attached hydrogens (tertiary/aromatic N) is 2. The Morgan fingerprint density at radius 3 is 2.84 bits per heavy atom. The quantitative estimate of drug-likeness (QED) is 0.846. The van der Waals surface area contributed by atoms with Crippen LogP contribution < -0.4 is 9.47 Å². The summed E-state index contributed by atoms with van der Waals surface area (Å²) in [5.74, 6) is 1.45. The molecular formula is C14H16N2O3. The molecule has 0 saturated carbocycles. The molecule has 0 unspecified atom stereocenters. The van der Waals surface area contributed by atoms with E-state index >= 15 is 0 Å². The third kappa shape index (κ3) is 2.61. The molecule has 2 heterocycles. The third-order valence-corrected chi connectivity index (χ3v) is 3.25. The second kappa shape index (κ2) is 5.40. The van der Waals surface area contributed by atoms with Crippen molar-refractivity contribution in [2.75, 3.05) is 20.3 Å². The molecule has 19 heavy (non-hydrogen) atoms. The van der Waals surface area contributed by atoms with Gasteiger partial charge in [-0.1, -0.05) is 0 Å². The van der Waals surface area contributed by atoms with Gasteiger partial charge in [0.05, 0.1) is 25.8 Å². The molecule has 0 aliphatic carbocycles. The van der Waals surface area contributed by atoms with Gasteiger partial charge < -0.3 is 14.2 Å². The average Bonchev–Trinajstić information content (AvgIpc) is 2.47. The minimum Gasteiger partial charge on any atom is -0.493 e. The highest BCUT2D eigenvalue weighted by molar-refractivity contribution is 5.81. The molecule has 1 aromatic carbocycles. The first-order valence-electron chi connectivity index (χ1n) is 6.39. The van der Waals surface area contributed by atoms with Gasteiger partial charge in [-0.05, 0) is 6.07 Å². The first-order chi connectivity index (χ1) is 9.36. The monoisotopic (exact) mass is 260 g/mol. The van der Waals surface area contributed by atoms with E-state index in [9.17, 15) is 0 Å². The minimum absolute atomic E-state index is 0.185. The summed E-state index contributed by atoms with van der Waals surface area (Å²) in [6, 6.07) is 3.81. The lowest BCUT2D eigenvalue weighted by molar-refractivity contribution is 0.0246. The maximum atomic E-state index is 6.02. The van der Waals surface area contributed by atoms with Crippen molar-refractivity contribution in [2.45, 2.75) is 18.9 Å². The van der Waals surface area contributed by atoms with E-state index in [1.165, 1.54) is 6.33 Å². The molecule has 0 atom stereocenters. The highest BCUT2D eigenvalue weighted by atomic mass is 16.5. The fraction of sp³-hybridized carbons (Fsp3) is 0.429. The molecule has 1 saturated heterocycles. The molecule has 0 amide bonds. The number of ether oxygens (including phenoxy) is 3. The molecule has 1 aliphatic rings. The van der Waals surface area contributed by atoms with Crippen molar-refractivity contribution in [3.8, 4) is 11.5 Å². The van der Waals surface area contributed by atoms with Crippen LogP contribution in [0.1, 0.15) is 12.8 Å². The highest BCUT2D eigenvalue weighted by Gasteiger charge is 2.18. The fourth-order valence-electron chi connectivity index (χ4n) is 2.21. The Balaban J connectivity index is 1.91. The van der Waals surface area contributed by atoms with Crippen molar-refractivity contribution in [3.63, 3.8) is 0 Å². The summed E-state index contributed by atoms with van der Waals surface area (Å²) in [5, 5.41) is 0.949. The zero-order valence-corrected chi connectivity index (χ0v) is 10.8. The highest BCUT2D eigenvalue weighted by Crippen LogP contribution is 2.33. The molecule has 0 spiro atoms. The number of benzene rings is 1. The van der Waals surface area contributed by atoms with Crippen LogP contribution in [0.2, 0.25) is 0 Å². The Hall–Kier alpha value is -1.88. The maximum Gasteiger partial charge on any atom is 0.162 e. The molecule has 0 radical (unpaired) electrons. The summed E-state index contributed by atoms with van der Waals surface area (Å²) in [7, 11) is 1.64. The number of fused-ring (bicyclic) bond motifs is 1.